The van der Waals surface area contributed by atoms with E-state index in [1.807, 2.05) is 38.3 Å². The zero-order valence-electron chi connectivity index (χ0n) is 14.0. The van der Waals surface area contributed by atoms with Crippen molar-refractivity contribution in [1.29, 1.82) is 0 Å². The number of ketones is 2. The first-order valence-corrected chi connectivity index (χ1v) is 7.84. The lowest BCUT2D eigenvalue weighted by molar-refractivity contribution is -0.136. The van der Waals surface area contributed by atoms with Crippen molar-refractivity contribution >= 4 is 29.4 Å². The van der Waals surface area contributed by atoms with Crippen LogP contribution in [0.1, 0.15) is 48.4 Å². The molecule has 1 saturated heterocycles. The SMILES string of the molecule is CC.CC.O=C1NC(=O)C(C2C(=O)c3ccccc3C2=O)C(=O)N1. The van der Waals surface area contributed by atoms with E-state index in [0.717, 1.165) is 0 Å². The molecule has 128 valence electrons. The predicted octanol–water partition coefficient (Wildman–Crippen LogP) is 1.72. The van der Waals surface area contributed by atoms with Crippen molar-refractivity contribution in [3.05, 3.63) is 35.4 Å². The molecule has 7 nitrogen and oxygen atoms in total. The van der Waals surface area contributed by atoms with Crippen molar-refractivity contribution in [3.8, 4) is 0 Å². The van der Waals surface area contributed by atoms with Crippen LogP contribution in [0.2, 0.25) is 0 Å². The summed E-state index contributed by atoms with van der Waals surface area (Å²) in [4.78, 5) is 58.9. The molecule has 2 N–H and O–H groups in total. The average molecular weight is 332 g/mol. The molecule has 1 aliphatic carbocycles. The quantitative estimate of drug-likeness (QED) is 0.761. The number of hydrogen-bond donors (Lipinski definition) is 2. The number of rotatable bonds is 1. The minimum Gasteiger partial charge on any atom is -0.293 e. The third kappa shape index (κ3) is 3.24. The summed E-state index contributed by atoms with van der Waals surface area (Å²) in [7, 11) is 0. The molecule has 0 atom stereocenters. The number of amides is 4. The van der Waals surface area contributed by atoms with Crippen molar-refractivity contribution in [3.63, 3.8) is 0 Å². The summed E-state index contributed by atoms with van der Waals surface area (Å²) in [6, 6.07) is 5.18. The first-order chi connectivity index (χ1) is 11.5. The molecule has 2 aliphatic rings. The van der Waals surface area contributed by atoms with E-state index in [0.29, 0.717) is 0 Å². The maximum atomic E-state index is 12.2. The molecule has 24 heavy (non-hydrogen) atoms. The van der Waals surface area contributed by atoms with Crippen LogP contribution in [-0.4, -0.2) is 29.4 Å². The topological polar surface area (TPSA) is 109 Å². The van der Waals surface area contributed by atoms with E-state index in [4.69, 9.17) is 0 Å². The molecule has 1 aromatic carbocycles. The van der Waals surface area contributed by atoms with E-state index in [-0.39, 0.29) is 11.1 Å². The monoisotopic (exact) mass is 332 g/mol. The minimum atomic E-state index is -1.51. The fourth-order valence-corrected chi connectivity index (χ4v) is 2.50. The highest BCUT2D eigenvalue weighted by molar-refractivity contribution is 6.31. The maximum absolute atomic E-state index is 12.2. The van der Waals surface area contributed by atoms with Gasteiger partial charge in [0.05, 0.1) is 0 Å². The zero-order chi connectivity index (χ0) is 18.4. The molecule has 1 heterocycles. The van der Waals surface area contributed by atoms with Crippen LogP contribution in [0.25, 0.3) is 0 Å². The summed E-state index contributed by atoms with van der Waals surface area (Å²) in [6.45, 7) is 8.00. The number of carbonyl (C=O) groups is 5. The second kappa shape index (κ2) is 8.14. The zero-order valence-corrected chi connectivity index (χ0v) is 14.0. The van der Waals surface area contributed by atoms with Crippen LogP contribution < -0.4 is 10.6 Å². The number of nitrogens with one attached hydrogen (secondary N) is 2. The van der Waals surface area contributed by atoms with Crippen LogP contribution in [0.4, 0.5) is 4.79 Å². The van der Waals surface area contributed by atoms with Gasteiger partial charge in [-0.3, -0.25) is 29.8 Å². The van der Waals surface area contributed by atoms with Gasteiger partial charge in [-0.15, -0.1) is 0 Å². The Hall–Kier alpha value is -2.83. The second-order valence-electron chi connectivity index (χ2n) is 4.54. The molecule has 4 amide bonds. The molecule has 0 bridgehead atoms. The van der Waals surface area contributed by atoms with E-state index in [2.05, 4.69) is 0 Å². The van der Waals surface area contributed by atoms with Crippen LogP contribution in [0, 0.1) is 11.8 Å². The number of benzene rings is 1. The van der Waals surface area contributed by atoms with Gasteiger partial charge < -0.3 is 0 Å². The van der Waals surface area contributed by atoms with Gasteiger partial charge in [-0.2, -0.15) is 0 Å². The Morgan fingerprint density at radius 3 is 1.42 bits per heavy atom. The van der Waals surface area contributed by atoms with Gasteiger partial charge in [0.15, 0.2) is 11.6 Å². The third-order valence-corrected chi connectivity index (χ3v) is 3.39. The maximum Gasteiger partial charge on any atom is 0.328 e. The molecule has 0 unspecified atom stereocenters. The number of Topliss-reactive ketones (excluding diaryl/α,β-unsaturated/α-hetero) is 2. The molecule has 3 rings (SSSR count). The van der Waals surface area contributed by atoms with Crippen molar-refractivity contribution < 1.29 is 24.0 Å². The summed E-state index contributed by atoms with van der Waals surface area (Å²) in [5, 5.41) is 3.78. The van der Waals surface area contributed by atoms with Crippen LogP contribution in [-0.2, 0) is 9.59 Å². The van der Waals surface area contributed by atoms with Gasteiger partial charge in [0.2, 0.25) is 11.8 Å². The van der Waals surface area contributed by atoms with Crippen molar-refractivity contribution in [1.82, 2.24) is 10.6 Å². The van der Waals surface area contributed by atoms with Gasteiger partial charge in [-0.05, 0) is 0 Å². The first-order valence-electron chi connectivity index (χ1n) is 7.84. The van der Waals surface area contributed by atoms with Gasteiger partial charge in [0.25, 0.3) is 0 Å². The van der Waals surface area contributed by atoms with Gasteiger partial charge in [0, 0.05) is 11.1 Å². The van der Waals surface area contributed by atoms with E-state index >= 15 is 0 Å². The predicted molar refractivity (Wildman–Crippen MR) is 86.5 cm³/mol. The van der Waals surface area contributed by atoms with Crippen LogP contribution >= 0.6 is 0 Å². The lowest BCUT2D eigenvalue weighted by Crippen LogP contribution is -2.59. The summed E-state index contributed by atoms with van der Waals surface area (Å²) >= 11 is 0. The van der Waals surface area contributed by atoms with E-state index in [1.54, 1.807) is 12.1 Å². The smallest absolute Gasteiger partial charge is 0.293 e. The fourth-order valence-electron chi connectivity index (χ4n) is 2.50. The van der Waals surface area contributed by atoms with Crippen molar-refractivity contribution in [2.75, 3.05) is 0 Å². The van der Waals surface area contributed by atoms with E-state index in [9.17, 15) is 24.0 Å². The molecular formula is C17H20N2O5. The second-order valence-corrected chi connectivity index (χ2v) is 4.54. The number of imide groups is 2. The fraction of sp³-hybridized carbons (Fsp3) is 0.353. The number of barbiturate groups is 1. The summed E-state index contributed by atoms with van der Waals surface area (Å²) in [5.41, 5.74) is 0.389. The number of urea groups is 1. The first kappa shape index (κ1) is 19.2. The average Bonchev–Trinajstić information content (AvgIpc) is 2.83. The Balaban J connectivity index is 0.000000671. The Morgan fingerprint density at radius 2 is 1.04 bits per heavy atom. The minimum absolute atomic E-state index is 0.194. The van der Waals surface area contributed by atoms with Gasteiger partial charge in [-0.1, -0.05) is 52.0 Å². The molecule has 0 saturated carbocycles. The van der Waals surface area contributed by atoms with Crippen LogP contribution in [0.15, 0.2) is 24.3 Å². The molecule has 0 aromatic heterocycles. The Kier molecular flexibility index (Phi) is 6.52. The summed E-state index contributed by atoms with van der Waals surface area (Å²) in [6.07, 6.45) is 0. The highest BCUT2D eigenvalue weighted by atomic mass is 16.2. The number of fused-ring (bicyclic) bond motifs is 1. The number of hydrogen-bond acceptors (Lipinski definition) is 5. The molecular weight excluding hydrogens is 312 g/mol. The standard InChI is InChI=1S/C13H8N2O5.2C2H6/c16-9-5-3-1-2-4-6(5)10(17)7(9)8-11(18)14-13(20)15-12(8)19;2*1-2/h1-4,7-8H,(H2,14,15,18,19,20);2*1-2H3. The Labute approximate surface area is 139 Å². The summed E-state index contributed by atoms with van der Waals surface area (Å²) in [5.74, 6) is -5.93. The van der Waals surface area contributed by atoms with E-state index < -0.39 is 41.2 Å². The summed E-state index contributed by atoms with van der Waals surface area (Å²) < 4.78 is 0. The normalized spacial score (nSPS) is 17.1. The van der Waals surface area contributed by atoms with Crippen molar-refractivity contribution in [2.24, 2.45) is 11.8 Å². The molecule has 7 heteroatoms. The molecule has 0 spiro atoms. The van der Waals surface area contributed by atoms with Gasteiger partial charge >= 0.3 is 6.03 Å². The Morgan fingerprint density at radius 1 is 0.667 bits per heavy atom. The largest absolute Gasteiger partial charge is 0.328 e. The third-order valence-electron chi connectivity index (χ3n) is 3.39. The van der Waals surface area contributed by atoms with Gasteiger partial charge in [0.1, 0.15) is 11.8 Å². The van der Waals surface area contributed by atoms with E-state index in [1.165, 1.54) is 12.1 Å². The molecule has 0 radical (unpaired) electrons. The molecule has 1 fully saturated rings. The number of carbonyl (C=O) groups excluding carboxylic acids is 5. The highest BCUT2D eigenvalue weighted by Gasteiger charge is 2.51. The van der Waals surface area contributed by atoms with Crippen LogP contribution in [0.3, 0.4) is 0 Å². The van der Waals surface area contributed by atoms with Crippen molar-refractivity contribution in [2.45, 2.75) is 27.7 Å². The Bertz CT molecular complexity index is 641. The lowest BCUT2D eigenvalue weighted by atomic mass is 9.85. The highest BCUT2D eigenvalue weighted by Crippen LogP contribution is 2.32. The molecule has 1 aliphatic heterocycles. The van der Waals surface area contributed by atoms with Crippen LogP contribution in [0.5, 0.6) is 0 Å². The lowest BCUT2D eigenvalue weighted by Gasteiger charge is -2.23. The van der Waals surface area contributed by atoms with Gasteiger partial charge in [-0.25, -0.2) is 4.79 Å². The molecule has 1 aromatic rings.